The molecule has 9 heteroatoms. The molecule has 3 heterocycles. The van der Waals surface area contributed by atoms with E-state index >= 15 is 0 Å². The second-order valence-corrected chi connectivity index (χ2v) is 8.90. The molecule has 1 aromatic heterocycles. The summed E-state index contributed by atoms with van der Waals surface area (Å²) in [5.74, 6) is 0.964. The zero-order chi connectivity index (χ0) is 21.8. The Morgan fingerprint density at radius 1 is 1.19 bits per heavy atom. The normalized spacial score (nSPS) is 23.1. The Balaban J connectivity index is 1.45. The Kier molecular flexibility index (Phi) is 6.97. The number of benzene rings is 1. The molecule has 2 fully saturated rings. The van der Waals surface area contributed by atoms with Crippen LogP contribution in [0.2, 0.25) is 5.02 Å². The van der Waals surface area contributed by atoms with Crippen LogP contribution in [0, 0.1) is 5.92 Å². The summed E-state index contributed by atoms with van der Waals surface area (Å²) in [5.41, 5.74) is 6.96. The molecule has 8 nitrogen and oxygen atoms in total. The average molecular weight is 447 g/mol. The number of anilines is 2. The Bertz CT molecular complexity index is 865. The lowest BCUT2D eigenvalue weighted by atomic mass is 9.86. The fourth-order valence-corrected chi connectivity index (χ4v) is 5.01. The molecule has 0 amide bonds. The molecule has 0 aliphatic carbocycles. The Hall–Kier alpha value is -2.32. The maximum atomic E-state index is 12.5. The number of ether oxygens (including phenoxy) is 1. The minimum absolute atomic E-state index is 0.0477. The Labute approximate surface area is 188 Å². The van der Waals surface area contributed by atoms with Gasteiger partial charge in [0.1, 0.15) is 0 Å². The van der Waals surface area contributed by atoms with E-state index in [1.807, 2.05) is 19.1 Å². The number of carbonyl (C=O) groups excluding carboxylic acids is 1. The largest absolute Gasteiger partial charge is 0.466 e. The number of likely N-dealkylation sites (tertiary alicyclic amines) is 1. The number of hydrogen-bond acceptors (Lipinski definition) is 7. The topological polar surface area (TPSA) is 100 Å². The quantitative estimate of drug-likeness (QED) is 0.658. The van der Waals surface area contributed by atoms with Crippen molar-refractivity contribution in [3.63, 3.8) is 0 Å². The van der Waals surface area contributed by atoms with Crippen LogP contribution in [-0.4, -0.2) is 64.4 Å². The molecule has 2 saturated heterocycles. The van der Waals surface area contributed by atoms with Gasteiger partial charge in [0, 0.05) is 36.7 Å². The minimum Gasteiger partial charge on any atom is -0.466 e. The van der Waals surface area contributed by atoms with Gasteiger partial charge in [0.05, 0.1) is 12.5 Å². The van der Waals surface area contributed by atoms with Gasteiger partial charge in [0.2, 0.25) is 11.9 Å². The lowest BCUT2D eigenvalue weighted by Crippen LogP contribution is -2.54. The van der Waals surface area contributed by atoms with Crippen molar-refractivity contribution >= 4 is 29.5 Å². The highest BCUT2D eigenvalue weighted by molar-refractivity contribution is 6.30. The molecular formula is C22H31ClN6O2. The van der Waals surface area contributed by atoms with E-state index in [-0.39, 0.29) is 11.9 Å². The van der Waals surface area contributed by atoms with Crippen molar-refractivity contribution in [1.82, 2.24) is 20.1 Å². The third-order valence-corrected chi connectivity index (χ3v) is 6.73. The second-order valence-electron chi connectivity index (χ2n) is 8.46. The molecule has 168 valence electrons. The first-order valence-electron chi connectivity index (χ1n) is 11.1. The number of nitrogen functional groups attached to an aromatic ring is 1. The smallest absolute Gasteiger partial charge is 0.310 e. The number of esters is 1. The van der Waals surface area contributed by atoms with Gasteiger partial charge in [-0.25, -0.2) is 0 Å². The predicted octanol–water partition coefficient (Wildman–Crippen LogP) is 2.90. The van der Waals surface area contributed by atoms with Gasteiger partial charge < -0.3 is 15.4 Å². The fraction of sp³-hybridized carbons (Fsp3) is 0.591. The number of nitrogens with one attached hydrogen (secondary N) is 1. The van der Waals surface area contributed by atoms with Crippen molar-refractivity contribution in [2.75, 3.05) is 36.9 Å². The molecule has 2 aliphatic rings. The number of nitrogens with two attached hydrogens (primary N) is 1. The van der Waals surface area contributed by atoms with Crippen LogP contribution < -0.4 is 10.6 Å². The molecule has 3 N–H and O–H groups in total. The third-order valence-electron chi connectivity index (χ3n) is 6.48. The highest BCUT2D eigenvalue weighted by atomic mass is 35.5. The summed E-state index contributed by atoms with van der Waals surface area (Å²) in [6.45, 7) is 4.83. The Morgan fingerprint density at radius 2 is 1.94 bits per heavy atom. The van der Waals surface area contributed by atoms with E-state index in [0.29, 0.717) is 24.6 Å². The monoisotopic (exact) mass is 446 g/mol. The minimum atomic E-state index is -0.0629. The summed E-state index contributed by atoms with van der Waals surface area (Å²) in [5, 5.41) is 8.75. The number of aromatic nitrogens is 3. The van der Waals surface area contributed by atoms with Gasteiger partial charge in [0.15, 0.2) is 0 Å². The van der Waals surface area contributed by atoms with Crippen LogP contribution in [0.1, 0.15) is 38.2 Å². The first-order valence-corrected chi connectivity index (χ1v) is 11.5. The zero-order valence-electron chi connectivity index (χ0n) is 18.0. The molecule has 4 rings (SSSR count). The van der Waals surface area contributed by atoms with E-state index in [1.54, 1.807) is 0 Å². The van der Waals surface area contributed by atoms with Gasteiger partial charge in [0.25, 0.3) is 0 Å². The molecule has 31 heavy (non-hydrogen) atoms. The first-order chi connectivity index (χ1) is 15.0. The second kappa shape index (κ2) is 9.87. The molecule has 2 aromatic rings. The van der Waals surface area contributed by atoms with Crippen molar-refractivity contribution in [3.05, 3.63) is 34.9 Å². The van der Waals surface area contributed by atoms with Crippen LogP contribution in [-0.2, 0) is 16.0 Å². The van der Waals surface area contributed by atoms with E-state index in [0.717, 1.165) is 62.7 Å². The van der Waals surface area contributed by atoms with E-state index in [1.165, 1.54) is 5.56 Å². The van der Waals surface area contributed by atoms with Gasteiger partial charge in [-0.2, -0.15) is 0 Å². The maximum Gasteiger partial charge on any atom is 0.310 e. The number of aromatic amines is 1. The molecule has 0 radical (unpaired) electrons. The van der Waals surface area contributed by atoms with E-state index in [2.05, 4.69) is 37.1 Å². The Morgan fingerprint density at radius 3 is 2.58 bits per heavy atom. The van der Waals surface area contributed by atoms with Crippen LogP contribution in [0.4, 0.5) is 11.9 Å². The van der Waals surface area contributed by atoms with E-state index in [9.17, 15) is 4.79 Å². The van der Waals surface area contributed by atoms with Gasteiger partial charge in [-0.1, -0.05) is 23.7 Å². The van der Waals surface area contributed by atoms with Crippen LogP contribution in [0.5, 0.6) is 0 Å². The highest BCUT2D eigenvalue weighted by Gasteiger charge is 2.37. The first kappa shape index (κ1) is 21.9. The summed E-state index contributed by atoms with van der Waals surface area (Å²) >= 11 is 6.07. The van der Waals surface area contributed by atoms with Crippen LogP contribution >= 0.6 is 11.6 Å². The van der Waals surface area contributed by atoms with E-state index < -0.39 is 0 Å². The van der Waals surface area contributed by atoms with Crippen molar-refractivity contribution in [3.8, 4) is 0 Å². The molecule has 2 atom stereocenters. The van der Waals surface area contributed by atoms with Gasteiger partial charge in [-0.15, -0.1) is 10.2 Å². The van der Waals surface area contributed by atoms with Gasteiger partial charge in [-0.3, -0.25) is 14.7 Å². The standard InChI is InChI=1S/C22H31ClN6O2/c1-2-31-20(30)16-5-8-19(13-15-3-6-17(23)7-4-15)29(14-16)18-9-11-28(12-10-18)22-25-21(24)26-27-22/h3-4,6-7,16,18-19H,2,5,8-14H2,1H3,(H3,24,25,26,27)/t16-,19?/m1/s1. The van der Waals surface area contributed by atoms with Crippen molar-refractivity contribution in [1.29, 1.82) is 0 Å². The number of piperidine rings is 2. The molecule has 0 bridgehead atoms. The number of halogens is 1. The van der Waals surface area contributed by atoms with Crippen molar-refractivity contribution < 1.29 is 9.53 Å². The molecule has 2 aliphatic heterocycles. The van der Waals surface area contributed by atoms with Gasteiger partial charge in [-0.05, 0) is 56.7 Å². The fourth-order valence-electron chi connectivity index (χ4n) is 4.88. The van der Waals surface area contributed by atoms with Crippen molar-refractivity contribution in [2.24, 2.45) is 5.92 Å². The zero-order valence-corrected chi connectivity index (χ0v) is 18.7. The third kappa shape index (κ3) is 5.30. The lowest BCUT2D eigenvalue weighted by Gasteiger charge is -2.46. The van der Waals surface area contributed by atoms with Crippen LogP contribution in [0.15, 0.2) is 24.3 Å². The number of rotatable bonds is 6. The summed E-state index contributed by atoms with van der Waals surface area (Å²) in [4.78, 5) is 20.2. The SMILES string of the molecule is CCOC(=O)[C@@H]1CCC(Cc2ccc(Cl)cc2)N(C2CCN(c3nnc(N)[nH]3)CC2)C1. The van der Waals surface area contributed by atoms with Gasteiger partial charge >= 0.3 is 5.97 Å². The van der Waals surface area contributed by atoms with Crippen LogP contribution in [0.25, 0.3) is 0 Å². The summed E-state index contributed by atoms with van der Waals surface area (Å²) < 4.78 is 5.34. The number of nitrogens with zero attached hydrogens (tertiary/aromatic N) is 4. The number of H-pyrrole nitrogens is 1. The molecule has 1 unspecified atom stereocenters. The number of hydrogen-bond donors (Lipinski definition) is 2. The summed E-state index contributed by atoms with van der Waals surface area (Å²) in [6.07, 6.45) is 4.85. The average Bonchev–Trinajstić information content (AvgIpc) is 3.22. The molecule has 0 saturated carbocycles. The predicted molar refractivity (Wildman–Crippen MR) is 121 cm³/mol. The molecule has 0 spiro atoms. The van der Waals surface area contributed by atoms with Crippen LogP contribution in [0.3, 0.4) is 0 Å². The molecule has 1 aromatic carbocycles. The lowest BCUT2D eigenvalue weighted by molar-refractivity contribution is -0.151. The molecular weight excluding hydrogens is 416 g/mol. The summed E-state index contributed by atoms with van der Waals surface area (Å²) in [6, 6.07) is 8.94. The maximum absolute atomic E-state index is 12.5. The number of carbonyl (C=O) groups is 1. The summed E-state index contributed by atoms with van der Waals surface area (Å²) in [7, 11) is 0. The highest BCUT2D eigenvalue weighted by Crippen LogP contribution is 2.31. The van der Waals surface area contributed by atoms with Crippen molar-refractivity contribution in [2.45, 2.75) is 51.1 Å². The van der Waals surface area contributed by atoms with E-state index in [4.69, 9.17) is 22.1 Å².